The summed E-state index contributed by atoms with van der Waals surface area (Å²) in [4.78, 5) is 0. The molecule has 0 heterocycles. The molecule has 0 radical (unpaired) electrons. The van der Waals surface area contributed by atoms with Crippen molar-refractivity contribution in [3.05, 3.63) is 23.8 Å². The Morgan fingerprint density at radius 2 is 2.05 bits per heavy atom. The van der Waals surface area contributed by atoms with Crippen LogP contribution in [0.15, 0.2) is 18.2 Å². The van der Waals surface area contributed by atoms with Gasteiger partial charge in [0.15, 0.2) is 0 Å². The molecule has 0 bridgehead atoms. The Hall–Kier alpha value is -1.26. The minimum absolute atomic E-state index is 0.439. The van der Waals surface area contributed by atoms with Gasteiger partial charge in [-0.1, -0.05) is 12.8 Å². The minimum Gasteiger partial charge on any atom is -0.497 e. The van der Waals surface area contributed by atoms with Crippen LogP contribution in [-0.2, 0) is 0 Å². The van der Waals surface area contributed by atoms with E-state index in [0.29, 0.717) is 18.3 Å². The largest absolute Gasteiger partial charge is 0.497 e. The maximum Gasteiger partial charge on any atom is 0.124 e. The van der Waals surface area contributed by atoms with E-state index < -0.39 is 6.10 Å². The lowest BCUT2D eigenvalue weighted by Crippen LogP contribution is -2.30. The van der Waals surface area contributed by atoms with Crippen molar-refractivity contribution in [1.82, 2.24) is 5.32 Å². The number of nitrogens with one attached hydrogen (secondary N) is 1. The Morgan fingerprint density at radius 3 is 2.65 bits per heavy atom. The van der Waals surface area contributed by atoms with E-state index in [2.05, 4.69) is 12.2 Å². The second kappa shape index (κ2) is 6.95. The van der Waals surface area contributed by atoms with Crippen molar-refractivity contribution in [2.75, 3.05) is 20.8 Å². The van der Waals surface area contributed by atoms with E-state index in [-0.39, 0.29) is 0 Å². The summed E-state index contributed by atoms with van der Waals surface area (Å²) in [6, 6.07) is 5.92. The number of rotatable bonds is 8. The summed E-state index contributed by atoms with van der Waals surface area (Å²) in [5.41, 5.74) is 0.762. The van der Waals surface area contributed by atoms with E-state index >= 15 is 0 Å². The van der Waals surface area contributed by atoms with Crippen LogP contribution in [0.1, 0.15) is 37.9 Å². The molecule has 1 aliphatic carbocycles. The summed E-state index contributed by atoms with van der Waals surface area (Å²) in [6.45, 7) is 2.70. The monoisotopic (exact) mass is 279 g/mol. The number of hydrogen-bond acceptors (Lipinski definition) is 4. The van der Waals surface area contributed by atoms with Gasteiger partial charge < -0.3 is 19.9 Å². The van der Waals surface area contributed by atoms with E-state index in [1.165, 1.54) is 19.3 Å². The Kier molecular flexibility index (Phi) is 5.26. The smallest absolute Gasteiger partial charge is 0.124 e. The predicted octanol–water partition coefficient (Wildman–Crippen LogP) is 2.52. The Bertz CT molecular complexity index is 432. The van der Waals surface area contributed by atoms with Crippen molar-refractivity contribution < 1.29 is 14.6 Å². The molecule has 0 saturated heterocycles. The first kappa shape index (κ1) is 15.1. The second-order valence-electron chi connectivity index (χ2n) is 5.61. The zero-order valence-electron chi connectivity index (χ0n) is 12.6. The molecule has 20 heavy (non-hydrogen) atoms. The fourth-order valence-electron chi connectivity index (χ4n) is 2.46. The summed E-state index contributed by atoms with van der Waals surface area (Å²) in [5.74, 6) is 2.31. The molecule has 1 aliphatic rings. The number of hydrogen-bond donors (Lipinski definition) is 2. The lowest BCUT2D eigenvalue weighted by molar-refractivity contribution is 0.165. The van der Waals surface area contributed by atoms with E-state index in [9.17, 15) is 5.11 Å². The van der Waals surface area contributed by atoms with Crippen molar-refractivity contribution >= 4 is 0 Å². The van der Waals surface area contributed by atoms with Crippen molar-refractivity contribution in [1.29, 1.82) is 0 Å². The lowest BCUT2D eigenvalue weighted by Gasteiger charge is -2.19. The van der Waals surface area contributed by atoms with Crippen molar-refractivity contribution in [3.63, 3.8) is 0 Å². The van der Waals surface area contributed by atoms with Crippen LogP contribution in [-0.4, -0.2) is 31.9 Å². The number of methoxy groups -OCH3 is 2. The van der Waals surface area contributed by atoms with Gasteiger partial charge in [0.2, 0.25) is 0 Å². The van der Waals surface area contributed by atoms with Crippen LogP contribution in [0.25, 0.3) is 0 Å². The highest BCUT2D eigenvalue weighted by Crippen LogP contribution is 2.33. The predicted molar refractivity (Wildman–Crippen MR) is 79.3 cm³/mol. The number of aliphatic hydroxyl groups is 1. The van der Waals surface area contributed by atoms with Crippen LogP contribution in [0, 0.1) is 5.92 Å². The Balaban J connectivity index is 1.94. The van der Waals surface area contributed by atoms with Crippen LogP contribution in [0.2, 0.25) is 0 Å². The topological polar surface area (TPSA) is 50.7 Å². The van der Waals surface area contributed by atoms with Gasteiger partial charge in [-0.25, -0.2) is 0 Å². The molecule has 112 valence electrons. The second-order valence-corrected chi connectivity index (χ2v) is 5.61. The highest BCUT2D eigenvalue weighted by molar-refractivity contribution is 5.41. The summed E-state index contributed by atoms with van der Waals surface area (Å²) < 4.78 is 10.5. The van der Waals surface area contributed by atoms with E-state index in [1.807, 2.05) is 18.2 Å². The van der Waals surface area contributed by atoms with Crippen molar-refractivity contribution in [2.45, 2.75) is 38.3 Å². The molecule has 4 nitrogen and oxygen atoms in total. The molecule has 2 atom stereocenters. The molecule has 0 amide bonds. The molecule has 4 heteroatoms. The van der Waals surface area contributed by atoms with Crippen LogP contribution in [0.5, 0.6) is 11.5 Å². The molecule has 0 aromatic heterocycles. The average molecular weight is 279 g/mol. The van der Waals surface area contributed by atoms with Gasteiger partial charge in [0.1, 0.15) is 11.5 Å². The fraction of sp³-hybridized carbons (Fsp3) is 0.625. The summed E-state index contributed by atoms with van der Waals surface area (Å²) in [6.07, 6.45) is 3.32. The lowest BCUT2D eigenvalue weighted by atomic mass is 10.1. The quantitative estimate of drug-likeness (QED) is 0.768. The molecule has 2 unspecified atom stereocenters. The highest BCUT2D eigenvalue weighted by atomic mass is 16.5. The van der Waals surface area contributed by atoms with Gasteiger partial charge in [0.25, 0.3) is 0 Å². The normalized spacial score (nSPS) is 17.6. The van der Waals surface area contributed by atoms with Crippen LogP contribution >= 0.6 is 0 Å². The highest BCUT2D eigenvalue weighted by Gasteiger charge is 2.24. The van der Waals surface area contributed by atoms with Gasteiger partial charge in [-0.2, -0.15) is 0 Å². The van der Waals surface area contributed by atoms with Gasteiger partial charge in [-0.05, 0) is 37.5 Å². The van der Waals surface area contributed by atoms with Gasteiger partial charge in [0, 0.05) is 18.2 Å². The molecule has 2 rings (SSSR count). The molecule has 2 N–H and O–H groups in total. The molecular formula is C16H25NO3. The number of ether oxygens (including phenoxy) is 2. The third-order valence-corrected chi connectivity index (χ3v) is 3.84. The third kappa shape index (κ3) is 4.12. The Morgan fingerprint density at radius 1 is 1.30 bits per heavy atom. The van der Waals surface area contributed by atoms with E-state index in [4.69, 9.17) is 9.47 Å². The summed E-state index contributed by atoms with van der Waals surface area (Å²) in [5, 5.41) is 13.7. The molecule has 1 fully saturated rings. The minimum atomic E-state index is -0.596. The molecule has 1 aromatic carbocycles. The van der Waals surface area contributed by atoms with Gasteiger partial charge in [0.05, 0.1) is 20.3 Å². The van der Waals surface area contributed by atoms with Gasteiger partial charge in [-0.3, -0.25) is 0 Å². The molecular weight excluding hydrogens is 254 g/mol. The molecule has 1 saturated carbocycles. The first-order valence-corrected chi connectivity index (χ1v) is 7.27. The molecule has 1 aromatic rings. The zero-order chi connectivity index (χ0) is 14.5. The first-order chi connectivity index (χ1) is 9.63. The third-order valence-electron chi connectivity index (χ3n) is 3.84. The average Bonchev–Trinajstić information content (AvgIpc) is 3.27. The van der Waals surface area contributed by atoms with Gasteiger partial charge >= 0.3 is 0 Å². The van der Waals surface area contributed by atoms with Crippen LogP contribution in [0.3, 0.4) is 0 Å². The zero-order valence-corrected chi connectivity index (χ0v) is 12.6. The maximum atomic E-state index is 10.4. The number of aliphatic hydroxyl groups excluding tert-OH is 1. The van der Waals surface area contributed by atoms with E-state index in [0.717, 1.165) is 17.2 Å². The standard InChI is InChI=1S/C16H25NO3/c1-11(8-12-4-5-12)17-10-15(18)14-9-13(19-2)6-7-16(14)20-3/h6-7,9,11-12,15,17-18H,4-5,8,10H2,1-3H3. The van der Waals surface area contributed by atoms with E-state index in [1.54, 1.807) is 14.2 Å². The van der Waals surface area contributed by atoms with Crippen LogP contribution < -0.4 is 14.8 Å². The fourth-order valence-corrected chi connectivity index (χ4v) is 2.46. The van der Waals surface area contributed by atoms with Crippen molar-refractivity contribution in [3.8, 4) is 11.5 Å². The summed E-state index contributed by atoms with van der Waals surface area (Å²) >= 11 is 0. The SMILES string of the molecule is COc1ccc(OC)c(C(O)CNC(C)CC2CC2)c1. The molecule has 0 aliphatic heterocycles. The summed E-state index contributed by atoms with van der Waals surface area (Å²) in [7, 11) is 3.23. The maximum absolute atomic E-state index is 10.4. The first-order valence-electron chi connectivity index (χ1n) is 7.27. The Labute approximate surface area is 121 Å². The van der Waals surface area contributed by atoms with Crippen molar-refractivity contribution in [2.24, 2.45) is 5.92 Å². The van der Waals surface area contributed by atoms with Gasteiger partial charge in [-0.15, -0.1) is 0 Å². The molecule has 0 spiro atoms. The van der Waals surface area contributed by atoms with Crippen LogP contribution in [0.4, 0.5) is 0 Å². The number of benzene rings is 1.